The number of hydrogen-bond acceptors (Lipinski definition) is 5. The van der Waals surface area contributed by atoms with E-state index in [1.807, 2.05) is 36.4 Å². The molecule has 26 heavy (non-hydrogen) atoms. The fourth-order valence-electron chi connectivity index (χ4n) is 2.62. The Kier molecular flexibility index (Phi) is 5.41. The van der Waals surface area contributed by atoms with Crippen molar-refractivity contribution in [3.63, 3.8) is 0 Å². The van der Waals surface area contributed by atoms with Gasteiger partial charge in [-0.1, -0.05) is 43.8 Å². The molecule has 136 valence electrons. The highest BCUT2D eigenvalue weighted by molar-refractivity contribution is 7.99. The highest BCUT2D eigenvalue weighted by atomic mass is 32.2. The number of allylic oxidation sites excluding steroid dienone is 1. The Morgan fingerprint density at radius 2 is 2.12 bits per heavy atom. The lowest BCUT2D eigenvalue weighted by molar-refractivity contribution is -0.118. The molecule has 0 saturated heterocycles. The van der Waals surface area contributed by atoms with E-state index in [2.05, 4.69) is 22.1 Å². The topological polar surface area (TPSA) is 81.3 Å². The summed E-state index contributed by atoms with van der Waals surface area (Å²) in [6.07, 6.45) is 1.65. The molecule has 0 fully saturated rings. The molecule has 3 rings (SSSR count). The second kappa shape index (κ2) is 7.74. The first-order valence-corrected chi connectivity index (χ1v) is 9.38. The van der Waals surface area contributed by atoms with E-state index < -0.39 is 0 Å². The van der Waals surface area contributed by atoms with Gasteiger partial charge in [-0.3, -0.25) is 18.6 Å². The van der Waals surface area contributed by atoms with Gasteiger partial charge >= 0.3 is 0 Å². The first-order valence-electron chi connectivity index (χ1n) is 8.40. The number of amides is 1. The van der Waals surface area contributed by atoms with Gasteiger partial charge in [-0.15, -0.1) is 16.8 Å². The number of carbonyl (C=O) groups is 1. The first kappa shape index (κ1) is 18.2. The monoisotopic (exact) mass is 371 g/mol. The third kappa shape index (κ3) is 3.50. The minimum Gasteiger partial charge on any atom is -0.355 e. The van der Waals surface area contributed by atoms with Crippen molar-refractivity contribution < 1.29 is 4.79 Å². The van der Waals surface area contributed by atoms with Crippen LogP contribution in [0, 0.1) is 5.92 Å². The molecule has 7 nitrogen and oxygen atoms in total. The maximum absolute atomic E-state index is 12.7. The van der Waals surface area contributed by atoms with Gasteiger partial charge in [0.2, 0.25) is 11.7 Å². The highest BCUT2D eigenvalue weighted by Crippen LogP contribution is 2.21. The van der Waals surface area contributed by atoms with Gasteiger partial charge in [-0.25, -0.2) is 0 Å². The van der Waals surface area contributed by atoms with Gasteiger partial charge in [0.25, 0.3) is 5.56 Å². The van der Waals surface area contributed by atoms with E-state index in [4.69, 9.17) is 0 Å². The largest absolute Gasteiger partial charge is 0.355 e. The van der Waals surface area contributed by atoms with Crippen LogP contribution < -0.4 is 10.9 Å². The SMILES string of the molecule is C=CCn1c(=O)c2ccccc2n2c(SCC(=O)NCC(C)C)nnc12. The van der Waals surface area contributed by atoms with E-state index in [0.29, 0.717) is 35.3 Å². The number of carbonyl (C=O) groups excluding carboxylic acids is 1. The molecule has 0 atom stereocenters. The molecule has 2 heterocycles. The van der Waals surface area contributed by atoms with Gasteiger partial charge in [0.1, 0.15) is 0 Å². The minimum atomic E-state index is -0.133. The van der Waals surface area contributed by atoms with Crippen molar-refractivity contribution >= 4 is 34.3 Å². The van der Waals surface area contributed by atoms with E-state index in [9.17, 15) is 9.59 Å². The van der Waals surface area contributed by atoms with Gasteiger partial charge in [-0.2, -0.15) is 0 Å². The molecule has 0 aliphatic rings. The van der Waals surface area contributed by atoms with Crippen LogP contribution in [0.2, 0.25) is 0 Å². The molecule has 2 aromatic heterocycles. The zero-order valence-corrected chi connectivity index (χ0v) is 15.6. The average molecular weight is 371 g/mol. The van der Waals surface area contributed by atoms with Crippen LogP contribution in [0.5, 0.6) is 0 Å². The van der Waals surface area contributed by atoms with E-state index in [1.54, 1.807) is 12.1 Å². The second-order valence-electron chi connectivity index (χ2n) is 6.33. The van der Waals surface area contributed by atoms with Crippen molar-refractivity contribution in [1.29, 1.82) is 0 Å². The van der Waals surface area contributed by atoms with Crippen molar-refractivity contribution in [3.8, 4) is 0 Å². The van der Waals surface area contributed by atoms with Gasteiger partial charge < -0.3 is 5.32 Å². The number of hydrogen-bond donors (Lipinski definition) is 1. The Morgan fingerprint density at radius 1 is 1.35 bits per heavy atom. The van der Waals surface area contributed by atoms with Gasteiger partial charge in [-0.05, 0) is 18.1 Å². The molecule has 0 saturated carbocycles. The van der Waals surface area contributed by atoms with E-state index in [1.165, 1.54) is 16.3 Å². The zero-order valence-electron chi connectivity index (χ0n) is 14.8. The van der Waals surface area contributed by atoms with E-state index >= 15 is 0 Å². The number of fused-ring (bicyclic) bond motifs is 3. The van der Waals surface area contributed by atoms with Crippen molar-refractivity contribution in [2.75, 3.05) is 12.3 Å². The fraction of sp³-hybridized carbons (Fsp3) is 0.333. The first-order chi connectivity index (χ1) is 12.5. The molecule has 1 aromatic carbocycles. The number of nitrogens with one attached hydrogen (secondary N) is 1. The molecule has 0 aliphatic carbocycles. The summed E-state index contributed by atoms with van der Waals surface area (Å²) in [5, 5.41) is 12.4. The number of aromatic nitrogens is 4. The summed E-state index contributed by atoms with van der Waals surface area (Å²) < 4.78 is 3.35. The summed E-state index contributed by atoms with van der Waals surface area (Å²) in [6, 6.07) is 7.32. The molecule has 1 amide bonds. The molecule has 1 N–H and O–H groups in total. The van der Waals surface area contributed by atoms with Crippen molar-refractivity contribution in [2.24, 2.45) is 5.92 Å². The Balaban J connectivity index is 2.01. The standard InChI is InChI=1S/C18H21N5O2S/c1-4-9-22-16(25)13-7-5-6-8-14(13)23-17(22)20-21-18(23)26-11-15(24)19-10-12(2)3/h4-8,12H,1,9-11H2,2-3H3,(H,19,24). The minimum absolute atomic E-state index is 0.0517. The Hall–Kier alpha value is -2.61. The summed E-state index contributed by atoms with van der Waals surface area (Å²) in [4.78, 5) is 24.7. The van der Waals surface area contributed by atoms with Gasteiger partial charge in [0.15, 0.2) is 5.16 Å². The Morgan fingerprint density at radius 3 is 2.85 bits per heavy atom. The summed E-state index contributed by atoms with van der Waals surface area (Å²) in [6.45, 7) is 8.78. The number of rotatable bonds is 7. The predicted molar refractivity (Wildman–Crippen MR) is 104 cm³/mol. The molecule has 8 heteroatoms. The summed E-state index contributed by atoms with van der Waals surface area (Å²) in [5.74, 6) is 1.03. The van der Waals surface area contributed by atoms with Crippen LogP contribution in [0.25, 0.3) is 16.7 Å². The number of thioether (sulfide) groups is 1. The normalized spacial score (nSPS) is 11.3. The summed E-state index contributed by atoms with van der Waals surface area (Å²) in [5.41, 5.74) is 0.592. The number of nitrogens with zero attached hydrogens (tertiary/aromatic N) is 4. The second-order valence-corrected chi connectivity index (χ2v) is 7.27. The average Bonchev–Trinajstić information content (AvgIpc) is 3.05. The molecule has 0 radical (unpaired) electrons. The van der Waals surface area contributed by atoms with Crippen LogP contribution in [0.3, 0.4) is 0 Å². The lowest BCUT2D eigenvalue weighted by atomic mass is 10.2. The smallest absolute Gasteiger partial charge is 0.263 e. The van der Waals surface area contributed by atoms with Crippen LogP contribution >= 0.6 is 11.8 Å². The molecule has 0 unspecified atom stereocenters. The Bertz CT molecular complexity index is 1020. The van der Waals surface area contributed by atoms with E-state index in [-0.39, 0.29) is 17.2 Å². The quantitative estimate of drug-likeness (QED) is 0.508. The fourth-order valence-corrected chi connectivity index (χ4v) is 3.39. The summed E-state index contributed by atoms with van der Waals surface area (Å²) in [7, 11) is 0. The van der Waals surface area contributed by atoms with Gasteiger partial charge in [0, 0.05) is 13.1 Å². The third-order valence-corrected chi connectivity index (χ3v) is 4.76. The molecular formula is C18H21N5O2S. The lowest BCUT2D eigenvalue weighted by Crippen LogP contribution is -2.28. The van der Waals surface area contributed by atoms with Crippen molar-refractivity contribution in [3.05, 3.63) is 47.3 Å². The molecule has 0 spiro atoms. The summed E-state index contributed by atoms with van der Waals surface area (Å²) >= 11 is 1.30. The predicted octanol–water partition coefficient (Wildman–Crippen LogP) is 2.09. The van der Waals surface area contributed by atoms with Crippen LogP contribution in [0.4, 0.5) is 0 Å². The number of para-hydroxylation sites is 1. The van der Waals surface area contributed by atoms with E-state index in [0.717, 1.165) is 5.52 Å². The molecule has 3 aromatic rings. The molecular weight excluding hydrogens is 350 g/mol. The van der Waals surface area contributed by atoms with Crippen molar-refractivity contribution in [1.82, 2.24) is 24.5 Å². The van der Waals surface area contributed by atoms with Crippen molar-refractivity contribution in [2.45, 2.75) is 25.5 Å². The Labute approximate surface area is 155 Å². The maximum atomic E-state index is 12.7. The van der Waals surface area contributed by atoms with Crippen LogP contribution in [-0.2, 0) is 11.3 Å². The highest BCUT2D eigenvalue weighted by Gasteiger charge is 2.17. The van der Waals surface area contributed by atoms with Crippen LogP contribution in [0.15, 0.2) is 46.9 Å². The third-order valence-electron chi connectivity index (χ3n) is 3.83. The number of benzene rings is 1. The zero-order chi connectivity index (χ0) is 18.7. The molecule has 0 aliphatic heterocycles. The van der Waals surface area contributed by atoms with Gasteiger partial charge in [0.05, 0.1) is 16.7 Å². The van der Waals surface area contributed by atoms with Crippen LogP contribution in [0.1, 0.15) is 13.8 Å². The van der Waals surface area contributed by atoms with Crippen LogP contribution in [-0.4, -0.2) is 37.4 Å². The lowest BCUT2D eigenvalue weighted by Gasteiger charge is -2.10. The molecule has 0 bridgehead atoms. The maximum Gasteiger partial charge on any atom is 0.263 e.